The maximum atomic E-state index is 11.6. The number of aromatic nitrogens is 2. The fraction of sp³-hybridized carbons (Fsp3) is 0.600. The van der Waals surface area contributed by atoms with Gasteiger partial charge in [-0.1, -0.05) is 0 Å². The van der Waals surface area contributed by atoms with E-state index in [1.54, 1.807) is 10.9 Å². The molecule has 2 heterocycles. The summed E-state index contributed by atoms with van der Waals surface area (Å²) < 4.78 is 1.58. The standard InChI is InChI=1S/C10H16N4O/c11-9-7-12-8-14(10(9)15)6-5-13-3-1-2-4-13/h7-8H,1-6,11H2. The number of nitrogens with two attached hydrogens (primary N) is 1. The predicted molar refractivity (Wildman–Crippen MR) is 58.6 cm³/mol. The van der Waals surface area contributed by atoms with E-state index in [4.69, 9.17) is 5.73 Å². The molecule has 0 saturated carbocycles. The number of anilines is 1. The first-order chi connectivity index (χ1) is 7.27. The van der Waals surface area contributed by atoms with E-state index in [0.717, 1.165) is 19.6 Å². The Morgan fingerprint density at radius 1 is 1.33 bits per heavy atom. The summed E-state index contributed by atoms with van der Waals surface area (Å²) in [4.78, 5) is 17.8. The van der Waals surface area contributed by atoms with Crippen LogP contribution in [0.25, 0.3) is 0 Å². The van der Waals surface area contributed by atoms with E-state index in [-0.39, 0.29) is 11.2 Å². The van der Waals surface area contributed by atoms with E-state index >= 15 is 0 Å². The third-order valence-corrected chi connectivity index (χ3v) is 2.78. The van der Waals surface area contributed by atoms with Crippen molar-refractivity contribution < 1.29 is 0 Å². The van der Waals surface area contributed by atoms with Crippen LogP contribution in [0.4, 0.5) is 5.69 Å². The Kier molecular flexibility index (Phi) is 3.01. The fourth-order valence-electron chi connectivity index (χ4n) is 1.88. The molecule has 5 nitrogen and oxygen atoms in total. The summed E-state index contributed by atoms with van der Waals surface area (Å²) in [5.74, 6) is 0. The van der Waals surface area contributed by atoms with Gasteiger partial charge in [-0.05, 0) is 25.9 Å². The van der Waals surface area contributed by atoms with Crippen LogP contribution in [0.5, 0.6) is 0 Å². The largest absolute Gasteiger partial charge is 0.393 e. The molecule has 2 rings (SSSR count). The highest BCUT2D eigenvalue weighted by molar-refractivity contribution is 5.30. The Morgan fingerprint density at radius 2 is 2.07 bits per heavy atom. The molecule has 0 amide bonds. The Labute approximate surface area is 88.5 Å². The van der Waals surface area contributed by atoms with E-state index in [2.05, 4.69) is 9.88 Å². The monoisotopic (exact) mass is 208 g/mol. The lowest BCUT2D eigenvalue weighted by molar-refractivity contribution is 0.320. The molecule has 1 aromatic rings. The van der Waals surface area contributed by atoms with E-state index < -0.39 is 0 Å². The summed E-state index contributed by atoms with van der Waals surface area (Å²) in [6.45, 7) is 3.87. The third kappa shape index (κ3) is 2.36. The normalized spacial score (nSPS) is 17.1. The van der Waals surface area contributed by atoms with Gasteiger partial charge in [-0.15, -0.1) is 0 Å². The Bertz CT molecular complexity index is 381. The number of hydrogen-bond donors (Lipinski definition) is 1. The van der Waals surface area contributed by atoms with Crippen molar-refractivity contribution in [1.82, 2.24) is 14.5 Å². The van der Waals surface area contributed by atoms with Crippen molar-refractivity contribution in [2.24, 2.45) is 0 Å². The van der Waals surface area contributed by atoms with Gasteiger partial charge >= 0.3 is 0 Å². The van der Waals surface area contributed by atoms with Gasteiger partial charge in [-0.3, -0.25) is 9.36 Å². The maximum Gasteiger partial charge on any atom is 0.276 e. The molecule has 0 unspecified atom stereocenters. The third-order valence-electron chi connectivity index (χ3n) is 2.78. The van der Waals surface area contributed by atoms with Crippen molar-refractivity contribution in [3.63, 3.8) is 0 Å². The molecular formula is C10H16N4O. The van der Waals surface area contributed by atoms with Crippen LogP contribution >= 0.6 is 0 Å². The molecule has 0 aliphatic carbocycles. The number of nitrogens with zero attached hydrogens (tertiary/aromatic N) is 3. The summed E-state index contributed by atoms with van der Waals surface area (Å²) in [5, 5.41) is 0. The molecule has 15 heavy (non-hydrogen) atoms. The Balaban J connectivity index is 1.98. The molecule has 0 aromatic carbocycles. The Morgan fingerprint density at radius 3 is 2.80 bits per heavy atom. The highest BCUT2D eigenvalue weighted by atomic mass is 16.1. The van der Waals surface area contributed by atoms with Crippen molar-refractivity contribution in [2.75, 3.05) is 25.4 Å². The molecular weight excluding hydrogens is 192 g/mol. The van der Waals surface area contributed by atoms with Gasteiger partial charge in [-0.2, -0.15) is 0 Å². The number of hydrogen-bond acceptors (Lipinski definition) is 4. The van der Waals surface area contributed by atoms with Gasteiger partial charge in [0.2, 0.25) is 0 Å². The van der Waals surface area contributed by atoms with Crippen LogP contribution in [0.1, 0.15) is 12.8 Å². The zero-order valence-corrected chi connectivity index (χ0v) is 8.72. The van der Waals surface area contributed by atoms with Crippen molar-refractivity contribution in [3.8, 4) is 0 Å². The minimum Gasteiger partial charge on any atom is -0.393 e. The van der Waals surface area contributed by atoms with Crippen molar-refractivity contribution >= 4 is 5.69 Å². The smallest absolute Gasteiger partial charge is 0.276 e. The minimum absolute atomic E-state index is 0.135. The lowest BCUT2D eigenvalue weighted by Crippen LogP contribution is -2.30. The van der Waals surface area contributed by atoms with E-state index in [9.17, 15) is 4.79 Å². The fourth-order valence-corrected chi connectivity index (χ4v) is 1.88. The van der Waals surface area contributed by atoms with Crippen molar-refractivity contribution in [1.29, 1.82) is 0 Å². The number of rotatable bonds is 3. The first-order valence-corrected chi connectivity index (χ1v) is 5.29. The van der Waals surface area contributed by atoms with Crippen LogP contribution in [-0.2, 0) is 6.54 Å². The molecule has 0 atom stereocenters. The highest BCUT2D eigenvalue weighted by Gasteiger charge is 2.11. The summed E-state index contributed by atoms with van der Waals surface area (Å²) in [5.41, 5.74) is 5.58. The topological polar surface area (TPSA) is 64.2 Å². The molecule has 1 aromatic heterocycles. The summed E-state index contributed by atoms with van der Waals surface area (Å²) in [7, 11) is 0. The Hall–Kier alpha value is -1.36. The average molecular weight is 208 g/mol. The van der Waals surface area contributed by atoms with Gasteiger partial charge in [0.05, 0.1) is 12.5 Å². The van der Waals surface area contributed by atoms with Gasteiger partial charge in [0, 0.05) is 13.1 Å². The molecule has 1 fully saturated rings. The summed E-state index contributed by atoms with van der Waals surface area (Å²) in [6.07, 6.45) is 5.48. The first-order valence-electron chi connectivity index (χ1n) is 5.29. The average Bonchev–Trinajstić information content (AvgIpc) is 2.73. The molecule has 5 heteroatoms. The number of likely N-dealkylation sites (tertiary alicyclic amines) is 1. The lowest BCUT2D eigenvalue weighted by atomic mass is 10.4. The molecule has 0 radical (unpaired) electrons. The van der Waals surface area contributed by atoms with Crippen molar-refractivity contribution in [3.05, 3.63) is 22.9 Å². The SMILES string of the molecule is Nc1cncn(CCN2CCCC2)c1=O. The zero-order chi connectivity index (χ0) is 10.7. The summed E-state index contributed by atoms with van der Waals surface area (Å²) in [6, 6.07) is 0. The van der Waals surface area contributed by atoms with Crippen LogP contribution in [-0.4, -0.2) is 34.1 Å². The van der Waals surface area contributed by atoms with Gasteiger partial charge in [0.15, 0.2) is 0 Å². The molecule has 0 bridgehead atoms. The van der Waals surface area contributed by atoms with Crippen LogP contribution in [0.2, 0.25) is 0 Å². The van der Waals surface area contributed by atoms with E-state index in [1.807, 2.05) is 0 Å². The second kappa shape index (κ2) is 4.44. The molecule has 1 saturated heterocycles. The lowest BCUT2D eigenvalue weighted by Gasteiger charge is -2.14. The van der Waals surface area contributed by atoms with Gasteiger partial charge in [-0.25, -0.2) is 4.98 Å². The van der Waals surface area contributed by atoms with Crippen LogP contribution in [0.15, 0.2) is 17.3 Å². The van der Waals surface area contributed by atoms with Crippen LogP contribution < -0.4 is 11.3 Å². The van der Waals surface area contributed by atoms with Crippen molar-refractivity contribution in [2.45, 2.75) is 19.4 Å². The van der Waals surface area contributed by atoms with Crippen LogP contribution in [0.3, 0.4) is 0 Å². The second-order valence-electron chi connectivity index (χ2n) is 3.90. The van der Waals surface area contributed by atoms with Gasteiger partial charge in [0.25, 0.3) is 5.56 Å². The van der Waals surface area contributed by atoms with Gasteiger partial charge < -0.3 is 10.6 Å². The molecule has 1 aliphatic heterocycles. The minimum atomic E-state index is -0.135. The second-order valence-corrected chi connectivity index (χ2v) is 3.90. The quantitative estimate of drug-likeness (QED) is 0.754. The first kappa shape index (κ1) is 10.2. The highest BCUT2D eigenvalue weighted by Crippen LogP contribution is 2.06. The summed E-state index contributed by atoms with van der Waals surface area (Å²) >= 11 is 0. The zero-order valence-electron chi connectivity index (χ0n) is 8.72. The van der Waals surface area contributed by atoms with E-state index in [0.29, 0.717) is 6.54 Å². The predicted octanol–water partition coefficient (Wildman–Crippen LogP) is -0.0787. The number of nitrogen functional groups attached to an aromatic ring is 1. The molecule has 1 aliphatic rings. The maximum absolute atomic E-state index is 11.6. The van der Waals surface area contributed by atoms with E-state index in [1.165, 1.54) is 19.0 Å². The molecule has 2 N–H and O–H groups in total. The molecule has 82 valence electrons. The molecule has 0 spiro atoms. The van der Waals surface area contributed by atoms with Crippen LogP contribution in [0, 0.1) is 0 Å². The van der Waals surface area contributed by atoms with Gasteiger partial charge in [0.1, 0.15) is 5.69 Å².